The summed E-state index contributed by atoms with van der Waals surface area (Å²) in [5.74, 6) is 0.781. The molecule has 1 fully saturated rings. The van der Waals surface area contributed by atoms with Crippen molar-refractivity contribution in [2.45, 2.75) is 13.8 Å². The zero-order valence-electron chi connectivity index (χ0n) is 13.1. The van der Waals surface area contributed by atoms with Crippen LogP contribution >= 0.6 is 11.6 Å². The molecule has 0 aliphatic carbocycles. The van der Waals surface area contributed by atoms with E-state index >= 15 is 0 Å². The van der Waals surface area contributed by atoms with Crippen LogP contribution in [-0.4, -0.2) is 52.5 Å². The van der Waals surface area contributed by atoms with E-state index in [0.29, 0.717) is 18.2 Å². The lowest BCUT2D eigenvalue weighted by atomic mass is 10.1. The molecule has 0 radical (unpaired) electrons. The van der Waals surface area contributed by atoms with Crippen LogP contribution in [0.1, 0.15) is 11.1 Å². The molecule has 0 spiro atoms. The van der Waals surface area contributed by atoms with Crippen LogP contribution in [0.3, 0.4) is 0 Å². The lowest BCUT2D eigenvalue weighted by molar-refractivity contribution is -0.947. The van der Waals surface area contributed by atoms with Crippen LogP contribution in [0.15, 0.2) is 12.1 Å². The van der Waals surface area contributed by atoms with Gasteiger partial charge in [-0.15, -0.1) is 0 Å². The van der Waals surface area contributed by atoms with Gasteiger partial charge in [-0.1, -0.05) is 17.7 Å². The third-order valence-corrected chi connectivity index (χ3v) is 4.13. The molecule has 5 heteroatoms. The van der Waals surface area contributed by atoms with Gasteiger partial charge in [0, 0.05) is 0 Å². The minimum atomic E-state index is 0.548. The average Bonchev–Trinajstić information content (AvgIpc) is 2.45. The van der Waals surface area contributed by atoms with E-state index in [9.17, 15) is 0 Å². The Morgan fingerprint density at radius 2 is 1.90 bits per heavy atom. The van der Waals surface area contributed by atoms with Crippen LogP contribution in [0.2, 0.25) is 5.02 Å². The summed E-state index contributed by atoms with van der Waals surface area (Å²) in [6.07, 6.45) is 0. The van der Waals surface area contributed by atoms with Gasteiger partial charge in [-0.2, -0.15) is 0 Å². The summed E-state index contributed by atoms with van der Waals surface area (Å²) in [5, 5.41) is 3.06. The normalized spacial score (nSPS) is 16.1. The first-order valence-electron chi connectivity index (χ1n) is 7.79. The van der Waals surface area contributed by atoms with Gasteiger partial charge in [0.05, 0.1) is 18.2 Å². The molecule has 1 aliphatic rings. The number of rotatable bonds is 7. The molecule has 21 heavy (non-hydrogen) atoms. The van der Waals surface area contributed by atoms with Crippen LogP contribution in [0, 0.1) is 13.8 Å². The average molecular weight is 315 g/mol. The van der Waals surface area contributed by atoms with Crippen LogP contribution in [-0.2, 0) is 4.74 Å². The Bertz CT molecular complexity index is 425. The third kappa shape index (κ3) is 5.47. The van der Waals surface area contributed by atoms with Crippen molar-refractivity contribution in [2.24, 2.45) is 0 Å². The summed E-state index contributed by atoms with van der Waals surface area (Å²) in [5.41, 5.74) is 2.23. The summed E-state index contributed by atoms with van der Waals surface area (Å²) in [4.78, 5) is 1.65. The first-order chi connectivity index (χ1) is 10.2. The van der Waals surface area contributed by atoms with Gasteiger partial charge in [0.2, 0.25) is 0 Å². The second-order valence-electron chi connectivity index (χ2n) is 5.72. The van der Waals surface area contributed by atoms with Crippen molar-refractivity contribution < 1.29 is 19.7 Å². The van der Waals surface area contributed by atoms with Gasteiger partial charge in [-0.3, -0.25) is 0 Å². The van der Waals surface area contributed by atoms with Crippen molar-refractivity contribution in [2.75, 3.05) is 52.5 Å². The topological polar surface area (TPSA) is 39.5 Å². The monoisotopic (exact) mass is 314 g/mol. The predicted octanol–water partition coefficient (Wildman–Crippen LogP) is -0.186. The molecule has 0 unspecified atom stereocenters. The highest BCUT2D eigenvalue weighted by Gasteiger charge is 2.14. The molecule has 0 saturated carbocycles. The SMILES string of the molecule is Cc1cc(C)c(OCCOCC[NH+]2CC[NH2+]CC2)c(Cl)c1. The van der Waals surface area contributed by atoms with Crippen molar-refractivity contribution in [3.63, 3.8) is 0 Å². The molecule has 0 atom stereocenters. The summed E-state index contributed by atoms with van der Waals surface area (Å²) in [6.45, 7) is 12.1. The Hall–Kier alpha value is -0.810. The number of aryl methyl sites for hydroxylation is 2. The Morgan fingerprint density at radius 1 is 1.14 bits per heavy atom. The molecule has 1 aromatic carbocycles. The van der Waals surface area contributed by atoms with E-state index in [1.165, 1.54) is 26.2 Å². The largest absolute Gasteiger partial charge is 0.489 e. The molecule has 1 heterocycles. The van der Waals surface area contributed by atoms with Gasteiger partial charge in [0.15, 0.2) is 0 Å². The molecule has 1 aromatic rings. The quantitative estimate of drug-likeness (QED) is 0.685. The lowest BCUT2D eigenvalue weighted by Crippen LogP contribution is -3.20. The summed E-state index contributed by atoms with van der Waals surface area (Å²) in [6, 6.07) is 4.01. The highest BCUT2D eigenvalue weighted by Crippen LogP contribution is 2.29. The van der Waals surface area contributed by atoms with E-state index in [4.69, 9.17) is 21.1 Å². The molecule has 4 nitrogen and oxygen atoms in total. The molecule has 1 aliphatic heterocycles. The van der Waals surface area contributed by atoms with Gasteiger partial charge in [0.25, 0.3) is 0 Å². The van der Waals surface area contributed by atoms with E-state index in [2.05, 4.69) is 11.4 Å². The molecule has 0 amide bonds. The number of hydrogen-bond acceptors (Lipinski definition) is 2. The zero-order valence-corrected chi connectivity index (χ0v) is 13.8. The van der Waals surface area contributed by atoms with Crippen molar-refractivity contribution in [1.82, 2.24) is 0 Å². The molecule has 0 bridgehead atoms. The summed E-state index contributed by atoms with van der Waals surface area (Å²) >= 11 is 6.20. The maximum absolute atomic E-state index is 6.20. The van der Waals surface area contributed by atoms with E-state index in [1.807, 2.05) is 19.9 Å². The summed E-state index contributed by atoms with van der Waals surface area (Å²) in [7, 11) is 0. The van der Waals surface area contributed by atoms with Gasteiger partial charge in [-0.25, -0.2) is 0 Å². The van der Waals surface area contributed by atoms with E-state index in [-0.39, 0.29) is 0 Å². The number of piperazine rings is 1. The van der Waals surface area contributed by atoms with Crippen molar-refractivity contribution >= 4 is 11.6 Å². The first kappa shape index (κ1) is 16.6. The van der Waals surface area contributed by atoms with E-state index in [1.54, 1.807) is 4.90 Å². The highest BCUT2D eigenvalue weighted by atomic mass is 35.5. The highest BCUT2D eigenvalue weighted by molar-refractivity contribution is 6.32. The standard InChI is InChI=1S/C16H25ClN2O2/c1-13-11-14(2)16(15(17)12-13)21-10-9-20-8-7-19-5-3-18-4-6-19/h11-12,18H,3-10H2,1-2H3/p+2. The van der Waals surface area contributed by atoms with Gasteiger partial charge in [0.1, 0.15) is 45.1 Å². The Balaban J connectivity index is 1.61. The molecule has 3 N–H and O–H groups in total. The fourth-order valence-electron chi connectivity index (χ4n) is 2.74. The van der Waals surface area contributed by atoms with Crippen LogP contribution in [0.25, 0.3) is 0 Å². The van der Waals surface area contributed by atoms with Gasteiger partial charge in [-0.05, 0) is 31.0 Å². The van der Waals surface area contributed by atoms with E-state index < -0.39 is 0 Å². The Morgan fingerprint density at radius 3 is 2.62 bits per heavy atom. The molecular formula is C16H27ClN2O2+2. The number of nitrogens with two attached hydrogens (primary N) is 1. The number of halogens is 1. The molecule has 0 aromatic heterocycles. The number of quaternary nitrogens is 2. The summed E-state index contributed by atoms with van der Waals surface area (Å²) < 4.78 is 11.4. The fourth-order valence-corrected chi connectivity index (χ4v) is 3.11. The Kier molecular flexibility index (Phi) is 6.77. The number of nitrogens with one attached hydrogen (secondary N) is 1. The van der Waals surface area contributed by atoms with E-state index in [0.717, 1.165) is 30.0 Å². The van der Waals surface area contributed by atoms with Crippen LogP contribution in [0.5, 0.6) is 5.75 Å². The second kappa shape index (κ2) is 8.59. The number of benzene rings is 1. The van der Waals surface area contributed by atoms with Crippen LogP contribution in [0.4, 0.5) is 0 Å². The molecule has 1 saturated heterocycles. The van der Waals surface area contributed by atoms with Crippen LogP contribution < -0.4 is 15.0 Å². The Labute approximate surface area is 132 Å². The van der Waals surface area contributed by atoms with Gasteiger partial charge < -0.3 is 19.7 Å². The molecule has 118 valence electrons. The third-order valence-electron chi connectivity index (χ3n) is 3.85. The molecule has 2 rings (SSSR count). The minimum absolute atomic E-state index is 0.548. The van der Waals surface area contributed by atoms with Gasteiger partial charge >= 0.3 is 0 Å². The number of hydrogen-bond donors (Lipinski definition) is 2. The molecular weight excluding hydrogens is 288 g/mol. The minimum Gasteiger partial charge on any atom is -0.489 e. The number of ether oxygens (including phenoxy) is 2. The lowest BCUT2D eigenvalue weighted by Gasteiger charge is -2.21. The zero-order chi connectivity index (χ0) is 15.1. The van der Waals surface area contributed by atoms with Crippen molar-refractivity contribution in [3.8, 4) is 5.75 Å². The second-order valence-corrected chi connectivity index (χ2v) is 6.13. The van der Waals surface area contributed by atoms with Crippen molar-refractivity contribution in [3.05, 3.63) is 28.3 Å². The first-order valence-corrected chi connectivity index (χ1v) is 8.17. The van der Waals surface area contributed by atoms with Crippen molar-refractivity contribution in [1.29, 1.82) is 0 Å². The maximum Gasteiger partial charge on any atom is 0.140 e. The smallest absolute Gasteiger partial charge is 0.140 e. The predicted molar refractivity (Wildman–Crippen MR) is 84.5 cm³/mol. The fraction of sp³-hybridized carbons (Fsp3) is 0.625. The maximum atomic E-state index is 6.20.